The molecule has 0 radical (unpaired) electrons. The Bertz CT molecular complexity index is 602. The second-order valence-electron chi connectivity index (χ2n) is 4.19. The van der Waals surface area contributed by atoms with Crippen LogP contribution in [0.4, 0.5) is 8.78 Å². The van der Waals surface area contributed by atoms with E-state index in [-0.39, 0.29) is 18.2 Å². The van der Waals surface area contributed by atoms with Crippen LogP contribution >= 0.6 is 11.6 Å². The Balaban J connectivity index is 2.08. The lowest BCUT2D eigenvalue weighted by Gasteiger charge is -2.09. The number of hydrogen-bond acceptors (Lipinski definition) is 2. The zero-order chi connectivity index (χ0) is 14.5. The summed E-state index contributed by atoms with van der Waals surface area (Å²) in [5, 5.41) is 0. The maximum atomic E-state index is 13.5. The molecule has 2 aromatic rings. The van der Waals surface area contributed by atoms with Gasteiger partial charge in [0, 0.05) is 11.9 Å². The van der Waals surface area contributed by atoms with Crippen LogP contribution in [-0.4, -0.2) is 7.11 Å². The maximum Gasteiger partial charge on any atom is 0.165 e. The summed E-state index contributed by atoms with van der Waals surface area (Å²) in [5.74, 6) is -0.153. The molecule has 2 nitrogen and oxygen atoms in total. The number of hydrogen-bond donors (Lipinski definition) is 0. The molecule has 0 N–H and O–H groups in total. The summed E-state index contributed by atoms with van der Waals surface area (Å²) in [6.07, 6.45) is 0. The number of benzene rings is 2. The van der Waals surface area contributed by atoms with Gasteiger partial charge in [-0.2, -0.15) is 0 Å². The Labute approximate surface area is 120 Å². The van der Waals surface area contributed by atoms with Gasteiger partial charge in [-0.1, -0.05) is 6.07 Å². The van der Waals surface area contributed by atoms with Gasteiger partial charge in [-0.25, -0.2) is 8.78 Å². The fourth-order valence-electron chi connectivity index (χ4n) is 1.75. The summed E-state index contributed by atoms with van der Waals surface area (Å²) < 4.78 is 37.1. The van der Waals surface area contributed by atoms with Crippen LogP contribution in [0.15, 0.2) is 36.4 Å². The molecule has 2 rings (SSSR count). The first-order chi connectivity index (χ1) is 9.62. The molecule has 0 bridgehead atoms. The van der Waals surface area contributed by atoms with Crippen molar-refractivity contribution < 1.29 is 18.3 Å². The zero-order valence-corrected chi connectivity index (χ0v) is 11.6. The highest BCUT2D eigenvalue weighted by atomic mass is 35.5. The first-order valence-electron chi connectivity index (χ1n) is 5.93. The van der Waals surface area contributed by atoms with E-state index in [2.05, 4.69) is 0 Å². The number of alkyl halides is 1. The van der Waals surface area contributed by atoms with Crippen LogP contribution < -0.4 is 9.47 Å². The van der Waals surface area contributed by atoms with Gasteiger partial charge in [0.25, 0.3) is 0 Å². The molecular formula is C15H13ClF2O2. The minimum atomic E-state index is -0.464. The van der Waals surface area contributed by atoms with Gasteiger partial charge in [-0.3, -0.25) is 0 Å². The van der Waals surface area contributed by atoms with Crippen LogP contribution in [0.3, 0.4) is 0 Å². The molecule has 0 heterocycles. The van der Waals surface area contributed by atoms with E-state index in [0.29, 0.717) is 16.9 Å². The summed E-state index contributed by atoms with van der Waals surface area (Å²) in [7, 11) is 1.40. The van der Waals surface area contributed by atoms with Crippen molar-refractivity contribution in [2.45, 2.75) is 12.5 Å². The Kier molecular flexibility index (Phi) is 4.79. The van der Waals surface area contributed by atoms with Gasteiger partial charge in [0.2, 0.25) is 0 Å². The molecule has 0 aliphatic heterocycles. The van der Waals surface area contributed by atoms with Crippen LogP contribution in [0, 0.1) is 11.6 Å². The fourth-order valence-corrected chi connectivity index (χ4v) is 1.90. The van der Waals surface area contributed by atoms with E-state index < -0.39 is 11.6 Å². The van der Waals surface area contributed by atoms with Crippen LogP contribution in [0.2, 0.25) is 0 Å². The molecule has 0 unspecified atom stereocenters. The molecule has 2 aromatic carbocycles. The molecule has 0 saturated carbocycles. The predicted octanol–water partition coefficient (Wildman–Crippen LogP) is 4.29. The second-order valence-corrected chi connectivity index (χ2v) is 4.45. The molecule has 5 heteroatoms. The summed E-state index contributed by atoms with van der Waals surface area (Å²) in [5.41, 5.74) is 1.25. The molecule has 0 aliphatic carbocycles. The van der Waals surface area contributed by atoms with E-state index >= 15 is 0 Å². The van der Waals surface area contributed by atoms with Crippen LogP contribution in [-0.2, 0) is 12.5 Å². The first kappa shape index (κ1) is 14.6. The Morgan fingerprint density at radius 3 is 2.50 bits per heavy atom. The van der Waals surface area contributed by atoms with E-state index in [0.717, 1.165) is 0 Å². The van der Waals surface area contributed by atoms with Crippen molar-refractivity contribution in [2.75, 3.05) is 7.11 Å². The molecule has 106 valence electrons. The Morgan fingerprint density at radius 2 is 1.85 bits per heavy atom. The van der Waals surface area contributed by atoms with E-state index in [9.17, 15) is 8.78 Å². The predicted molar refractivity (Wildman–Crippen MR) is 73.2 cm³/mol. The minimum Gasteiger partial charge on any atom is -0.494 e. The molecule has 0 fully saturated rings. The van der Waals surface area contributed by atoms with E-state index in [1.165, 1.54) is 31.4 Å². The molecule has 0 amide bonds. The average Bonchev–Trinajstić information content (AvgIpc) is 2.44. The number of ether oxygens (including phenoxy) is 2. The molecule has 0 aromatic heterocycles. The molecule has 0 spiro atoms. The van der Waals surface area contributed by atoms with Crippen molar-refractivity contribution in [3.8, 4) is 11.5 Å². The van der Waals surface area contributed by atoms with E-state index in [1.54, 1.807) is 12.1 Å². The van der Waals surface area contributed by atoms with Crippen molar-refractivity contribution in [3.63, 3.8) is 0 Å². The van der Waals surface area contributed by atoms with Crippen molar-refractivity contribution in [1.29, 1.82) is 0 Å². The fraction of sp³-hybridized carbons (Fsp3) is 0.200. The molecule has 0 saturated heterocycles. The number of methoxy groups -OCH3 is 1. The van der Waals surface area contributed by atoms with Gasteiger partial charge >= 0.3 is 0 Å². The highest BCUT2D eigenvalue weighted by Crippen LogP contribution is 2.21. The summed E-state index contributed by atoms with van der Waals surface area (Å²) in [6.45, 7) is 0.131. The summed E-state index contributed by atoms with van der Waals surface area (Å²) in [4.78, 5) is 0. The van der Waals surface area contributed by atoms with Gasteiger partial charge < -0.3 is 9.47 Å². The van der Waals surface area contributed by atoms with Crippen LogP contribution in [0.1, 0.15) is 11.1 Å². The minimum absolute atomic E-state index is 0.131. The lowest BCUT2D eigenvalue weighted by molar-refractivity contribution is 0.303. The number of rotatable bonds is 5. The van der Waals surface area contributed by atoms with Crippen LogP contribution in [0.5, 0.6) is 11.5 Å². The quantitative estimate of drug-likeness (QED) is 0.767. The third kappa shape index (κ3) is 3.61. The van der Waals surface area contributed by atoms with Gasteiger partial charge in [0.1, 0.15) is 18.2 Å². The van der Waals surface area contributed by atoms with E-state index in [1.807, 2.05) is 0 Å². The zero-order valence-electron chi connectivity index (χ0n) is 10.8. The van der Waals surface area contributed by atoms with Gasteiger partial charge in [-0.15, -0.1) is 11.6 Å². The largest absolute Gasteiger partial charge is 0.494 e. The molecule has 0 atom stereocenters. The Morgan fingerprint density at radius 1 is 1.05 bits per heavy atom. The monoisotopic (exact) mass is 298 g/mol. The number of halogens is 3. The third-order valence-electron chi connectivity index (χ3n) is 2.71. The highest BCUT2D eigenvalue weighted by Gasteiger charge is 2.05. The smallest absolute Gasteiger partial charge is 0.165 e. The van der Waals surface area contributed by atoms with Crippen molar-refractivity contribution in [1.82, 2.24) is 0 Å². The standard InChI is InChI=1S/C15H13ClF2O2/c1-19-15-3-2-10(6-14(15)18)9-20-13-5-11(8-16)4-12(17)7-13/h2-7H,8-9H2,1H3. The maximum absolute atomic E-state index is 13.5. The van der Waals surface area contributed by atoms with Gasteiger partial charge in [0.15, 0.2) is 11.6 Å². The average molecular weight is 299 g/mol. The van der Waals surface area contributed by atoms with Gasteiger partial charge in [-0.05, 0) is 35.4 Å². The third-order valence-corrected chi connectivity index (χ3v) is 3.02. The van der Waals surface area contributed by atoms with Gasteiger partial charge in [0.05, 0.1) is 7.11 Å². The lowest BCUT2D eigenvalue weighted by atomic mass is 10.2. The normalized spacial score (nSPS) is 10.4. The SMILES string of the molecule is COc1ccc(COc2cc(F)cc(CCl)c2)cc1F. The summed E-state index contributed by atoms with van der Waals surface area (Å²) >= 11 is 5.66. The topological polar surface area (TPSA) is 18.5 Å². The van der Waals surface area contributed by atoms with Crippen LogP contribution in [0.25, 0.3) is 0 Å². The lowest BCUT2D eigenvalue weighted by Crippen LogP contribution is -1.98. The van der Waals surface area contributed by atoms with Crippen molar-refractivity contribution in [3.05, 3.63) is 59.2 Å². The highest BCUT2D eigenvalue weighted by molar-refractivity contribution is 6.17. The van der Waals surface area contributed by atoms with E-state index in [4.69, 9.17) is 21.1 Å². The molecule has 20 heavy (non-hydrogen) atoms. The van der Waals surface area contributed by atoms with Crippen molar-refractivity contribution in [2.24, 2.45) is 0 Å². The molecular weight excluding hydrogens is 286 g/mol. The van der Waals surface area contributed by atoms with Crippen molar-refractivity contribution >= 4 is 11.6 Å². The first-order valence-corrected chi connectivity index (χ1v) is 6.46. The second kappa shape index (κ2) is 6.57. The molecule has 0 aliphatic rings. The Hall–Kier alpha value is -1.81. The summed E-state index contributed by atoms with van der Waals surface area (Å²) in [6, 6.07) is 8.77.